The van der Waals surface area contributed by atoms with Crippen LogP contribution in [0.1, 0.15) is 17.4 Å². The van der Waals surface area contributed by atoms with Crippen LogP contribution in [0.2, 0.25) is 0 Å². The average molecular weight is 404 g/mol. The molecule has 1 aliphatic rings. The number of ether oxygens (including phenoxy) is 1. The third-order valence-electron chi connectivity index (χ3n) is 5.63. The van der Waals surface area contributed by atoms with Crippen molar-refractivity contribution in [2.75, 3.05) is 5.32 Å². The van der Waals surface area contributed by atoms with E-state index in [2.05, 4.69) is 57.3 Å². The van der Waals surface area contributed by atoms with Gasteiger partial charge in [-0.15, -0.1) is 0 Å². The lowest BCUT2D eigenvalue weighted by atomic mass is 10.0. The predicted octanol–water partition coefficient (Wildman–Crippen LogP) is 5.65. The van der Waals surface area contributed by atoms with Gasteiger partial charge in [0.2, 0.25) is 0 Å². The summed E-state index contributed by atoms with van der Waals surface area (Å²) >= 11 is 0. The maximum absolute atomic E-state index is 6.23. The van der Waals surface area contributed by atoms with Gasteiger partial charge in [0.25, 0.3) is 0 Å². The van der Waals surface area contributed by atoms with Crippen molar-refractivity contribution in [3.8, 4) is 17.1 Å². The van der Waals surface area contributed by atoms with E-state index in [1.165, 1.54) is 0 Å². The van der Waals surface area contributed by atoms with E-state index >= 15 is 0 Å². The number of fused-ring (bicyclic) bond motifs is 5. The molecule has 2 aromatic heterocycles. The number of aromatic nitrogens is 3. The van der Waals surface area contributed by atoms with E-state index in [0.717, 1.165) is 45.1 Å². The van der Waals surface area contributed by atoms with Gasteiger partial charge in [-0.05, 0) is 42.5 Å². The summed E-state index contributed by atoms with van der Waals surface area (Å²) in [6.07, 6.45) is 1.64. The molecule has 31 heavy (non-hydrogen) atoms. The van der Waals surface area contributed by atoms with Gasteiger partial charge < -0.3 is 10.1 Å². The van der Waals surface area contributed by atoms with Crippen LogP contribution in [0.3, 0.4) is 0 Å². The fourth-order valence-corrected chi connectivity index (χ4v) is 4.20. The summed E-state index contributed by atoms with van der Waals surface area (Å²) in [5.41, 5.74) is 6.18. The van der Waals surface area contributed by atoms with Gasteiger partial charge in [0.1, 0.15) is 24.3 Å². The number of hydrogen-bond donors (Lipinski definition) is 1. The smallest absolute Gasteiger partial charge is 0.145 e. The van der Waals surface area contributed by atoms with Crippen molar-refractivity contribution in [2.24, 2.45) is 0 Å². The average Bonchev–Trinajstić information content (AvgIpc) is 3.23. The maximum Gasteiger partial charge on any atom is 0.145 e. The van der Waals surface area contributed by atoms with E-state index in [4.69, 9.17) is 9.72 Å². The third kappa shape index (κ3) is 3.02. The molecule has 0 bridgehead atoms. The van der Waals surface area contributed by atoms with E-state index in [9.17, 15) is 0 Å². The van der Waals surface area contributed by atoms with Crippen LogP contribution in [0.25, 0.3) is 22.4 Å². The Morgan fingerprint density at radius 2 is 1.65 bits per heavy atom. The number of pyridine rings is 1. The molecule has 1 atom stereocenters. The van der Waals surface area contributed by atoms with Crippen molar-refractivity contribution < 1.29 is 4.74 Å². The highest BCUT2D eigenvalue weighted by Gasteiger charge is 2.29. The molecule has 0 amide bonds. The fourth-order valence-electron chi connectivity index (χ4n) is 4.20. The highest BCUT2D eigenvalue weighted by molar-refractivity contribution is 5.86. The molecule has 5 aromatic rings. The molecule has 0 saturated heterocycles. The number of rotatable bonds is 4. The summed E-state index contributed by atoms with van der Waals surface area (Å²) in [5.74, 6) is 1.79. The highest BCUT2D eigenvalue weighted by Crippen LogP contribution is 2.42. The zero-order valence-electron chi connectivity index (χ0n) is 16.8. The Morgan fingerprint density at radius 3 is 2.58 bits per heavy atom. The van der Waals surface area contributed by atoms with Gasteiger partial charge in [0, 0.05) is 23.0 Å². The number of anilines is 1. The van der Waals surface area contributed by atoms with Crippen LogP contribution in [0.15, 0.2) is 97.2 Å². The van der Waals surface area contributed by atoms with Crippen LogP contribution >= 0.6 is 0 Å². The van der Waals surface area contributed by atoms with Crippen molar-refractivity contribution >= 4 is 16.7 Å². The lowest BCUT2D eigenvalue weighted by Crippen LogP contribution is -2.25. The van der Waals surface area contributed by atoms with Gasteiger partial charge >= 0.3 is 0 Å². The molecule has 1 N–H and O–H groups in total. The first-order valence-electron chi connectivity index (χ1n) is 10.3. The molecule has 150 valence electrons. The predicted molar refractivity (Wildman–Crippen MR) is 122 cm³/mol. The molecule has 6 rings (SSSR count). The second-order valence-corrected chi connectivity index (χ2v) is 7.53. The Balaban J connectivity index is 1.48. The van der Waals surface area contributed by atoms with Crippen molar-refractivity contribution in [3.05, 3.63) is 108 Å². The Labute approximate surface area is 180 Å². The topological polar surface area (TPSA) is 52.0 Å². The summed E-state index contributed by atoms with van der Waals surface area (Å²) in [6.45, 7) is 0.415. The molecule has 5 nitrogen and oxygen atoms in total. The minimum absolute atomic E-state index is 0.141. The molecule has 0 fully saturated rings. The fraction of sp³-hybridized carbons (Fsp3) is 0.0769. The van der Waals surface area contributed by atoms with Crippen molar-refractivity contribution in [1.29, 1.82) is 0 Å². The van der Waals surface area contributed by atoms with E-state index in [1.807, 2.05) is 48.5 Å². The van der Waals surface area contributed by atoms with Crippen LogP contribution in [-0.2, 0) is 6.61 Å². The van der Waals surface area contributed by atoms with Crippen LogP contribution < -0.4 is 10.1 Å². The maximum atomic E-state index is 6.23. The summed E-state index contributed by atoms with van der Waals surface area (Å²) in [5, 5.41) is 3.71. The largest absolute Gasteiger partial charge is 0.487 e. The van der Waals surface area contributed by atoms with Crippen LogP contribution in [-0.4, -0.2) is 14.5 Å². The zero-order chi connectivity index (χ0) is 20.6. The van der Waals surface area contributed by atoms with Crippen LogP contribution in [0, 0.1) is 0 Å². The molecule has 1 aliphatic heterocycles. The van der Waals surface area contributed by atoms with Gasteiger partial charge in [-0.2, -0.15) is 0 Å². The molecular weight excluding hydrogens is 384 g/mol. The lowest BCUT2D eigenvalue weighted by Gasteiger charge is -2.31. The Kier molecular flexibility index (Phi) is 4.17. The van der Waals surface area contributed by atoms with E-state index in [-0.39, 0.29) is 6.17 Å². The molecule has 5 heteroatoms. The van der Waals surface area contributed by atoms with Gasteiger partial charge in [0.15, 0.2) is 0 Å². The minimum atomic E-state index is -0.141. The number of imidazole rings is 1. The molecule has 3 heterocycles. The molecule has 0 spiro atoms. The second-order valence-electron chi connectivity index (χ2n) is 7.53. The first-order valence-corrected chi connectivity index (χ1v) is 10.3. The third-order valence-corrected chi connectivity index (χ3v) is 5.63. The van der Waals surface area contributed by atoms with Gasteiger partial charge in [-0.3, -0.25) is 9.55 Å². The summed E-state index contributed by atoms with van der Waals surface area (Å²) < 4.78 is 8.50. The monoisotopic (exact) mass is 404 g/mol. The highest BCUT2D eigenvalue weighted by atomic mass is 16.5. The molecule has 0 saturated carbocycles. The van der Waals surface area contributed by atoms with Crippen molar-refractivity contribution in [2.45, 2.75) is 12.8 Å². The van der Waals surface area contributed by atoms with Crippen LogP contribution in [0.5, 0.6) is 5.75 Å². The lowest BCUT2D eigenvalue weighted by molar-refractivity contribution is 0.296. The van der Waals surface area contributed by atoms with Gasteiger partial charge in [-0.25, -0.2) is 4.98 Å². The first kappa shape index (κ1) is 17.7. The van der Waals surface area contributed by atoms with Gasteiger partial charge in [0.05, 0.1) is 16.7 Å². The first-order chi connectivity index (χ1) is 15.4. The quantitative estimate of drug-likeness (QED) is 0.421. The summed E-state index contributed by atoms with van der Waals surface area (Å²) in [7, 11) is 0. The van der Waals surface area contributed by atoms with E-state index in [0.29, 0.717) is 6.61 Å². The molecule has 0 aliphatic carbocycles. The Hall–Kier alpha value is -4.12. The van der Waals surface area contributed by atoms with E-state index in [1.54, 1.807) is 6.20 Å². The molecule has 3 aromatic carbocycles. The standard InChI is InChI=1S/C26H20N4O/c1-3-12-21-19(10-1)25-29-22-13-4-5-14-23(22)30(25)26(28-21)20-11-2-6-15-24(20)31-17-18-9-7-8-16-27-18/h1-16,26,28H,17H2/t26-/m0/s1. The Morgan fingerprint density at radius 1 is 0.839 bits per heavy atom. The zero-order valence-corrected chi connectivity index (χ0v) is 16.8. The Bertz CT molecular complexity index is 1380. The summed E-state index contributed by atoms with van der Waals surface area (Å²) in [4.78, 5) is 9.34. The SMILES string of the molecule is c1ccc(COc2ccccc2[C@H]2Nc3ccccc3-c3nc4ccccc4n32)nc1. The summed E-state index contributed by atoms with van der Waals surface area (Å²) in [6, 6.07) is 30.6. The van der Waals surface area contributed by atoms with Crippen LogP contribution in [0.4, 0.5) is 5.69 Å². The van der Waals surface area contributed by atoms with E-state index < -0.39 is 0 Å². The normalized spacial score (nSPS) is 14.5. The molecular formula is C26H20N4O. The van der Waals surface area contributed by atoms with Gasteiger partial charge in [-0.1, -0.05) is 48.5 Å². The number of nitrogens with zero attached hydrogens (tertiary/aromatic N) is 3. The second kappa shape index (κ2) is 7.29. The van der Waals surface area contributed by atoms with Crippen molar-refractivity contribution in [1.82, 2.24) is 14.5 Å². The minimum Gasteiger partial charge on any atom is -0.487 e. The number of hydrogen-bond acceptors (Lipinski definition) is 4. The molecule has 0 radical (unpaired) electrons. The molecule has 0 unspecified atom stereocenters. The number of para-hydroxylation sites is 4. The number of benzene rings is 3. The number of nitrogens with one attached hydrogen (secondary N) is 1. The van der Waals surface area contributed by atoms with Crippen molar-refractivity contribution in [3.63, 3.8) is 0 Å².